The second kappa shape index (κ2) is 4.98. The van der Waals surface area contributed by atoms with E-state index in [1.165, 1.54) is 4.67 Å². The number of hydrogen-bond acceptors (Lipinski definition) is 2. The Balaban J connectivity index is 2.07. The molecule has 0 amide bonds. The summed E-state index contributed by atoms with van der Waals surface area (Å²) in [5.41, 5.74) is 0. The van der Waals surface area contributed by atoms with Crippen LogP contribution >= 0.6 is 24.4 Å². The summed E-state index contributed by atoms with van der Waals surface area (Å²) in [6, 6.07) is 0. The summed E-state index contributed by atoms with van der Waals surface area (Å²) in [6.45, 7) is 11.3. The molecule has 1 fully saturated rings. The first-order valence-electron chi connectivity index (χ1n) is 6.22. The molecule has 0 aromatic rings. The first-order chi connectivity index (χ1) is 9.20. The van der Waals surface area contributed by atoms with E-state index in [2.05, 4.69) is 30.8 Å². The molecule has 3 aliphatic rings. The molecule has 3 aliphatic heterocycles. The number of hydrogen-bond donors (Lipinski definition) is 0. The Hall–Kier alpha value is -0.751. The van der Waals surface area contributed by atoms with Crippen LogP contribution in [0, 0.1) is 0 Å². The molecule has 0 atom stereocenters. The molecule has 1 saturated heterocycles. The fourth-order valence-electron chi connectivity index (χ4n) is 2.54. The molecule has 0 aliphatic carbocycles. The minimum atomic E-state index is -1.33. The summed E-state index contributed by atoms with van der Waals surface area (Å²) >= 11 is 9.94. The quantitative estimate of drug-likeness (QED) is 0.414. The Morgan fingerprint density at radius 2 is 1.47 bits per heavy atom. The van der Waals surface area contributed by atoms with Crippen molar-refractivity contribution in [3.63, 3.8) is 0 Å². The minimum absolute atomic E-state index is 0.799. The molecule has 0 aromatic heterocycles. The van der Waals surface area contributed by atoms with E-state index in [-0.39, 0.29) is 0 Å². The van der Waals surface area contributed by atoms with Crippen LogP contribution in [-0.2, 0) is 0 Å². The molecule has 3 heterocycles. The monoisotopic (exact) mass is 360 g/mol. The summed E-state index contributed by atoms with van der Waals surface area (Å²) in [5.74, 6) is 0. The Bertz CT molecular complexity index is 474. The molecule has 0 aromatic carbocycles. The van der Waals surface area contributed by atoms with Gasteiger partial charge in [-0.2, -0.15) is 0 Å². The summed E-state index contributed by atoms with van der Waals surface area (Å²) in [7, 11) is 0. The van der Waals surface area contributed by atoms with E-state index in [9.17, 15) is 0 Å². The van der Waals surface area contributed by atoms with Gasteiger partial charge < -0.3 is 0 Å². The van der Waals surface area contributed by atoms with Gasteiger partial charge in [0.15, 0.2) is 0 Å². The zero-order valence-corrected chi connectivity index (χ0v) is 14.0. The van der Waals surface area contributed by atoms with Crippen molar-refractivity contribution >= 4 is 53.2 Å². The van der Waals surface area contributed by atoms with Gasteiger partial charge >= 0.3 is 129 Å². The normalized spacial score (nSPS) is 22.4. The molecule has 0 saturated carbocycles. The SMILES string of the molecule is C=CCN1C(=S)N2CCCN3C(=S)N(CC=C)[Se]1=C23. The van der Waals surface area contributed by atoms with E-state index in [4.69, 9.17) is 24.4 Å². The van der Waals surface area contributed by atoms with Crippen LogP contribution in [0.3, 0.4) is 0 Å². The van der Waals surface area contributed by atoms with Gasteiger partial charge in [0.25, 0.3) is 0 Å². The fraction of sp³-hybridized carbons (Fsp3) is 0.417. The van der Waals surface area contributed by atoms with Gasteiger partial charge in [-0.15, -0.1) is 0 Å². The zero-order chi connectivity index (χ0) is 13.6. The van der Waals surface area contributed by atoms with Crippen molar-refractivity contribution in [3.8, 4) is 0 Å². The van der Waals surface area contributed by atoms with Crippen molar-refractivity contribution in [1.82, 2.24) is 17.6 Å². The first kappa shape index (κ1) is 13.2. The topological polar surface area (TPSA) is 13.0 Å². The van der Waals surface area contributed by atoms with E-state index in [0.717, 1.165) is 42.8 Å². The molecular weight excluding hydrogens is 343 g/mol. The van der Waals surface area contributed by atoms with Gasteiger partial charge in [0, 0.05) is 0 Å². The van der Waals surface area contributed by atoms with Crippen LogP contribution in [0.2, 0.25) is 0 Å². The molecule has 0 unspecified atom stereocenters. The molecule has 3 rings (SSSR count). The maximum absolute atomic E-state index is 5.64. The van der Waals surface area contributed by atoms with Crippen molar-refractivity contribution in [3.05, 3.63) is 25.3 Å². The summed E-state index contributed by atoms with van der Waals surface area (Å²) in [4.78, 5) is 4.56. The van der Waals surface area contributed by atoms with Crippen LogP contribution in [0.4, 0.5) is 0 Å². The van der Waals surface area contributed by atoms with Crippen molar-refractivity contribution in [2.24, 2.45) is 0 Å². The van der Waals surface area contributed by atoms with Crippen molar-refractivity contribution < 1.29 is 0 Å². The predicted octanol–water partition coefficient (Wildman–Crippen LogP) is 0.724. The maximum atomic E-state index is 5.64. The third-order valence-electron chi connectivity index (χ3n) is 3.28. The van der Waals surface area contributed by atoms with Gasteiger partial charge in [0.05, 0.1) is 0 Å². The van der Waals surface area contributed by atoms with Crippen LogP contribution in [0.15, 0.2) is 25.3 Å². The molecule has 0 bridgehead atoms. The second-order valence-electron chi connectivity index (χ2n) is 4.47. The Kier molecular flexibility index (Phi) is 3.47. The third-order valence-corrected chi connectivity index (χ3v) is 9.40. The van der Waals surface area contributed by atoms with E-state index in [0.29, 0.717) is 0 Å². The van der Waals surface area contributed by atoms with E-state index < -0.39 is 13.9 Å². The van der Waals surface area contributed by atoms with Crippen molar-refractivity contribution in [2.75, 3.05) is 26.2 Å². The van der Waals surface area contributed by atoms with Crippen LogP contribution in [-0.4, -0.2) is 72.6 Å². The first-order valence-corrected chi connectivity index (χ1v) is 9.42. The molecule has 102 valence electrons. The van der Waals surface area contributed by atoms with Gasteiger partial charge in [-0.25, -0.2) is 0 Å². The number of nitrogens with zero attached hydrogens (tertiary/aromatic N) is 4. The summed E-state index contributed by atoms with van der Waals surface area (Å²) < 4.78 is 5.99. The third kappa shape index (κ3) is 1.80. The van der Waals surface area contributed by atoms with Gasteiger partial charge in [0.1, 0.15) is 0 Å². The molecule has 0 N–H and O–H groups in total. The molecule has 7 heteroatoms. The molecule has 19 heavy (non-hydrogen) atoms. The van der Waals surface area contributed by atoms with Gasteiger partial charge in [-0.1, -0.05) is 0 Å². The zero-order valence-electron chi connectivity index (χ0n) is 10.6. The molecule has 4 nitrogen and oxygen atoms in total. The standard InChI is InChI=1S/C12H16N4S2Se/c1-3-6-15-10(17)13-8-5-9-14-11(18)16(7-4-2)19(15)12(13)14/h3-4H,1-2,5-9H2. The van der Waals surface area contributed by atoms with Gasteiger partial charge in [0.2, 0.25) is 0 Å². The Morgan fingerprint density at radius 1 is 1.00 bits per heavy atom. The van der Waals surface area contributed by atoms with Crippen LogP contribution in [0.5, 0.6) is 0 Å². The Morgan fingerprint density at radius 3 is 1.89 bits per heavy atom. The molecular formula is C12H16N4S2Se. The molecule has 0 radical (unpaired) electrons. The average Bonchev–Trinajstić information content (AvgIpc) is 2.84. The van der Waals surface area contributed by atoms with Crippen molar-refractivity contribution in [1.29, 1.82) is 0 Å². The number of rotatable bonds is 4. The fourth-order valence-corrected chi connectivity index (χ4v) is 9.01. The Labute approximate surface area is 128 Å². The summed E-state index contributed by atoms with van der Waals surface area (Å²) in [6.07, 6.45) is 4.95. The van der Waals surface area contributed by atoms with Crippen LogP contribution < -0.4 is 0 Å². The van der Waals surface area contributed by atoms with E-state index in [1.807, 2.05) is 12.2 Å². The predicted molar refractivity (Wildman–Crippen MR) is 87.8 cm³/mol. The van der Waals surface area contributed by atoms with E-state index >= 15 is 0 Å². The van der Waals surface area contributed by atoms with Crippen LogP contribution in [0.1, 0.15) is 6.42 Å². The van der Waals surface area contributed by atoms with Crippen molar-refractivity contribution in [2.45, 2.75) is 6.42 Å². The van der Waals surface area contributed by atoms with E-state index in [1.54, 1.807) is 0 Å². The summed E-state index contributed by atoms with van der Waals surface area (Å²) in [5, 5.41) is 1.89. The van der Waals surface area contributed by atoms with Crippen LogP contribution in [0.25, 0.3) is 0 Å². The molecule has 0 spiro atoms. The number of thiocarbonyl (C=S) groups is 2. The second-order valence-corrected chi connectivity index (χ2v) is 8.92. The van der Waals surface area contributed by atoms with Gasteiger partial charge in [-0.05, 0) is 0 Å². The van der Waals surface area contributed by atoms with Gasteiger partial charge in [-0.3, -0.25) is 0 Å². The average molecular weight is 359 g/mol.